The summed E-state index contributed by atoms with van der Waals surface area (Å²) in [5, 5.41) is 0. The number of rotatable bonds is 0. The van der Waals surface area contributed by atoms with Gasteiger partial charge in [-0.2, -0.15) is 0 Å². The zero-order valence-corrected chi connectivity index (χ0v) is 14.1. The van der Waals surface area contributed by atoms with Crippen LogP contribution in [-0.2, 0) is 9.84 Å². The van der Waals surface area contributed by atoms with Crippen LogP contribution in [-0.4, -0.2) is 19.9 Å². The van der Waals surface area contributed by atoms with Crippen molar-refractivity contribution in [1.82, 2.24) is 0 Å². The fraction of sp³-hybridized carbons (Fsp3) is 0.0909. The molecule has 0 radical (unpaired) electrons. The molecule has 2 nitrogen and oxygen atoms in total. The first-order valence-corrected chi connectivity index (χ1v) is 9.34. The van der Waals surface area contributed by atoms with Gasteiger partial charge in [-0.25, -0.2) is 8.42 Å². The molecule has 0 saturated carbocycles. The Bertz CT molecular complexity index is 1080. The van der Waals surface area contributed by atoms with Crippen LogP contribution < -0.4 is 0 Å². The lowest BCUT2D eigenvalue weighted by molar-refractivity contribution is 0.603. The van der Waals surface area contributed by atoms with Crippen molar-refractivity contribution in [1.29, 1.82) is 0 Å². The van der Waals surface area contributed by atoms with Gasteiger partial charge in [0.25, 0.3) is 0 Å². The van der Waals surface area contributed by atoms with Gasteiger partial charge in [0.05, 0.1) is 0 Å². The molecule has 0 N–H and O–H groups in total. The molecule has 0 spiro atoms. The lowest BCUT2D eigenvalue weighted by Crippen LogP contribution is -2.08. The minimum absolute atomic E-state index is 0.235. The standard InChI is InChI=1S/C22H12O2S/c23-25(24)17-7-15-21-13-5-3-11-19(21)9-1-2-10-20-12-4-6-14-22(20)16-8-18-25/h3-6,11-14H,17-18H2. The largest absolute Gasteiger partial charge is 0.227 e. The summed E-state index contributed by atoms with van der Waals surface area (Å²) < 4.78 is 24.1. The molecule has 0 saturated heterocycles. The molecule has 2 aromatic rings. The molecular weight excluding hydrogens is 328 g/mol. The Balaban J connectivity index is 2.13. The van der Waals surface area contributed by atoms with E-state index in [2.05, 4.69) is 47.4 Å². The van der Waals surface area contributed by atoms with E-state index in [4.69, 9.17) is 0 Å². The second kappa shape index (κ2) is 7.47. The highest BCUT2D eigenvalue weighted by atomic mass is 32.2. The van der Waals surface area contributed by atoms with Crippen molar-refractivity contribution < 1.29 is 8.42 Å². The van der Waals surface area contributed by atoms with Gasteiger partial charge in [-0.1, -0.05) is 59.8 Å². The molecule has 25 heavy (non-hydrogen) atoms. The van der Waals surface area contributed by atoms with Crippen LogP contribution in [0.3, 0.4) is 0 Å². The van der Waals surface area contributed by atoms with Crippen LogP contribution in [0.1, 0.15) is 22.3 Å². The SMILES string of the molecule is O=S1(=O)CC#Cc2ccccc2C#CC#Cc2ccccc2C#CC1. The molecule has 0 fully saturated rings. The Morgan fingerprint density at radius 1 is 0.600 bits per heavy atom. The van der Waals surface area contributed by atoms with Crippen LogP contribution in [0, 0.1) is 47.4 Å². The Kier molecular flexibility index (Phi) is 4.92. The van der Waals surface area contributed by atoms with Gasteiger partial charge in [-0.3, -0.25) is 0 Å². The van der Waals surface area contributed by atoms with Crippen molar-refractivity contribution in [2.75, 3.05) is 11.5 Å². The smallest absolute Gasteiger partial charge is 0.172 e. The summed E-state index contributed by atoms with van der Waals surface area (Å²) in [5.74, 6) is 22.3. The molecular formula is C22H12O2S. The van der Waals surface area contributed by atoms with Crippen LogP contribution in [0.2, 0.25) is 0 Å². The molecule has 0 aliphatic carbocycles. The third kappa shape index (κ3) is 4.56. The molecule has 1 aliphatic rings. The van der Waals surface area contributed by atoms with E-state index >= 15 is 0 Å². The monoisotopic (exact) mass is 340 g/mol. The minimum Gasteiger partial charge on any atom is -0.227 e. The third-order valence-corrected chi connectivity index (χ3v) is 4.51. The molecule has 3 heteroatoms. The highest BCUT2D eigenvalue weighted by Crippen LogP contribution is 2.07. The number of hydrogen-bond acceptors (Lipinski definition) is 2. The Labute approximate surface area is 148 Å². The lowest BCUT2D eigenvalue weighted by Gasteiger charge is -1.95. The van der Waals surface area contributed by atoms with Crippen molar-refractivity contribution >= 4 is 9.84 Å². The molecule has 1 heterocycles. The van der Waals surface area contributed by atoms with E-state index in [-0.39, 0.29) is 11.5 Å². The highest BCUT2D eigenvalue weighted by Gasteiger charge is 2.06. The fourth-order valence-electron chi connectivity index (χ4n) is 2.13. The van der Waals surface area contributed by atoms with Gasteiger partial charge in [-0.05, 0) is 36.1 Å². The van der Waals surface area contributed by atoms with Gasteiger partial charge in [-0.15, -0.1) is 0 Å². The molecule has 118 valence electrons. The van der Waals surface area contributed by atoms with E-state index in [1.54, 1.807) is 0 Å². The van der Waals surface area contributed by atoms with E-state index < -0.39 is 9.84 Å². The van der Waals surface area contributed by atoms with Crippen LogP contribution in [0.15, 0.2) is 48.5 Å². The summed E-state index contributed by atoms with van der Waals surface area (Å²) in [6.07, 6.45) is 0. The normalized spacial score (nSPS) is 13.9. The summed E-state index contributed by atoms with van der Waals surface area (Å²) in [6, 6.07) is 14.7. The van der Waals surface area contributed by atoms with Crippen molar-refractivity contribution in [2.24, 2.45) is 0 Å². The maximum absolute atomic E-state index is 12.1. The third-order valence-electron chi connectivity index (χ3n) is 3.34. The lowest BCUT2D eigenvalue weighted by atomic mass is 10.1. The second-order valence-corrected chi connectivity index (χ2v) is 7.29. The molecule has 3 rings (SSSR count). The zero-order valence-electron chi connectivity index (χ0n) is 13.3. The number of hydrogen-bond donors (Lipinski definition) is 0. The second-order valence-electron chi connectivity index (χ2n) is 5.23. The van der Waals surface area contributed by atoms with Crippen LogP contribution in [0.5, 0.6) is 0 Å². The number of benzene rings is 2. The average molecular weight is 340 g/mol. The summed E-state index contributed by atoms with van der Waals surface area (Å²) in [5.41, 5.74) is 2.82. The van der Waals surface area contributed by atoms with E-state index in [1.807, 2.05) is 48.5 Å². The van der Waals surface area contributed by atoms with E-state index in [9.17, 15) is 8.42 Å². The molecule has 0 unspecified atom stereocenters. The number of fused-ring (bicyclic) bond motifs is 2. The van der Waals surface area contributed by atoms with Crippen LogP contribution in [0.4, 0.5) is 0 Å². The van der Waals surface area contributed by atoms with Gasteiger partial charge >= 0.3 is 0 Å². The van der Waals surface area contributed by atoms with Crippen LogP contribution in [0.25, 0.3) is 0 Å². The van der Waals surface area contributed by atoms with E-state index in [1.165, 1.54) is 0 Å². The summed E-state index contributed by atoms with van der Waals surface area (Å²) in [6.45, 7) is 0. The highest BCUT2D eigenvalue weighted by molar-refractivity contribution is 7.91. The van der Waals surface area contributed by atoms with Crippen molar-refractivity contribution in [3.05, 3.63) is 70.8 Å². The minimum atomic E-state index is -3.36. The molecule has 1 aliphatic heterocycles. The molecule has 0 bridgehead atoms. The molecule has 0 atom stereocenters. The quantitative estimate of drug-likeness (QED) is 0.689. The maximum atomic E-state index is 12.1. The van der Waals surface area contributed by atoms with Crippen molar-refractivity contribution in [2.45, 2.75) is 0 Å². The summed E-state index contributed by atoms with van der Waals surface area (Å²) in [7, 11) is -3.36. The summed E-state index contributed by atoms with van der Waals surface area (Å²) >= 11 is 0. The molecule has 0 amide bonds. The van der Waals surface area contributed by atoms with Gasteiger partial charge in [0, 0.05) is 22.3 Å². The first kappa shape index (κ1) is 16.5. The van der Waals surface area contributed by atoms with Gasteiger partial charge in [0.1, 0.15) is 11.5 Å². The molecule has 2 aromatic carbocycles. The van der Waals surface area contributed by atoms with Gasteiger partial charge in [0.15, 0.2) is 9.84 Å². The van der Waals surface area contributed by atoms with Gasteiger partial charge in [0.2, 0.25) is 0 Å². The van der Waals surface area contributed by atoms with E-state index in [0.717, 1.165) is 11.1 Å². The zero-order chi connectivity index (χ0) is 17.5. The topological polar surface area (TPSA) is 34.1 Å². The average Bonchev–Trinajstić information content (AvgIpc) is 2.60. The first-order valence-electron chi connectivity index (χ1n) is 7.52. The van der Waals surface area contributed by atoms with E-state index in [0.29, 0.717) is 11.1 Å². The van der Waals surface area contributed by atoms with Crippen molar-refractivity contribution in [3.63, 3.8) is 0 Å². The fourth-order valence-corrected chi connectivity index (χ4v) is 2.82. The van der Waals surface area contributed by atoms with Crippen molar-refractivity contribution in [3.8, 4) is 47.4 Å². The van der Waals surface area contributed by atoms with Crippen LogP contribution >= 0.6 is 0 Å². The molecule has 0 aromatic heterocycles. The Morgan fingerprint density at radius 3 is 1.36 bits per heavy atom. The predicted octanol–water partition coefficient (Wildman–Crippen LogP) is 2.22. The first-order chi connectivity index (χ1) is 12.1. The Morgan fingerprint density at radius 2 is 0.960 bits per heavy atom. The Hall–Kier alpha value is -3.37. The maximum Gasteiger partial charge on any atom is 0.172 e. The summed E-state index contributed by atoms with van der Waals surface area (Å²) in [4.78, 5) is 0. The van der Waals surface area contributed by atoms with Gasteiger partial charge < -0.3 is 0 Å². The predicted molar refractivity (Wildman–Crippen MR) is 99.0 cm³/mol. The number of sulfone groups is 1.